The molecule has 1 atom stereocenters. The van der Waals surface area contributed by atoms with Crippen molar-refractivity contribution in [2.45, 2.75) is 32.9 Å². The van der Waals surface area contributed by atoms with Crippen LogP contribution in [0.2, 0.25) is 0 Å². The Balaban J connectivity index is 1.86. The number of rotatable bonds is 6. The molecule has 1 aliphatic heterocycles. The highest BCUT2D eigenvalue weighted by Crippen LogP contribution is 2.35. The van der Waals surface area contributed by atoms with Gasteiger partial charge in [0, 0.05) is 18.7 Å². The smallest absolute Gasteiger partial charge is 0.255 e. The second kappa shape index (κ2) is 7.68. The van der Waals surface area contributed by atoms with Crippen LogP contribution in [0.15, 0.2) is 48.5 Å². The monoisotopic (exact) mass is 354 g/mol. The van der Waals surface area contributed by atoms with Gasteiger partial charge in [0.2, 0.25) is 5.91 Å². The fourth-order valence-electron chi connectivity index (χ4n) is 3.23. The SMILES string of the molecule is CC(C)CCNC(=O)[C@@H]1c2ccccc2C(=O)N1Cc1cccc(F)c1. The minimum absolute atomic E-state index is 0.188. The predicted octanol–water partition coefficient (Wildman–Crippen LogP) is 3.69. The van der Waals surface area contributed by atoms with Gasteiger partial charge >= 0.3 is 0 Å². The van der Waals surface area contributed by atoms with Crippen molar-refractivity contribution in [3.05, 3.63) is 71.0 Å². The molecule has 1 heterocycles. The van der Waals surface area contributed by atoms with E-state index in [1.165, 1.54) is 17.0 Å². The van der Waals surface area contributed by atoms with Crippen molar-refractivity contribution in [2.24, 2.45) is 5.92 Å². The van der Waals surface area contributed by atoms with E-state index in [2.05, 4.69) is 19.2 Å². The Morgan fingerprint density at radius 1 is 1.19 bits per heavy atom. The number of halogens is 1. The molecule has 0 fully saturated rings. The molecule has 0 aromatic heterocycles. The average molecular weight is 354 g/mol. The van der Waals surface area contributed by atoms with Crippen LogP contribution in [0.25, 0.3) is 0 Å². The molecule has 0 saturated heterocycles. The van der Waals surface area contributed by atoms with Crippen LogP contribution in [0.4, 0.5) is 4.39 Å². The van der Waals surface area contributed by atoms with Crippen LogP contribution in [0.3, 0.4) is 0 Å². The highest BCUT2D eigenvalue weighted by atomic mass is 19.1. The van der Waals surface area contributed by atoms with Crippen LogP contribution >= 0.6 is 0 Å². The molecule has 5 heteroatoms. The molecule has 3 rings (SSSR count). The van der Waals surface area contributed by atoms with Crippen LogP contribution in [-0.2, 0) is 11.3 Å². The second-order valence-electron chi connectivity index (χ2n) is 7.03. The van der Waals surface area contributed by atoms with Crippen LogP contribution in [0, 0.1) is 11.7 Å². The molecule has 0 spiro atoms. The van der Waals surface area contributed by atoms with E-state index in [0.717, 1.165) is 6.42 Å². The molecule has 1 N–H and O–H groups in total. The zero-order valence-electron chi connectivity index (χ0n) is 15.0. The van der Waals surface area contributed by atoms with Crippen LogP contribution in [0.1, 0.15) is 47.8 Å². The largest absolute Gasteiger partial charge is 0.354 e. The van der Waals surface area contributed by atoms with E-state index in [-0.39, 0.29) is 24.2 Å². The van der Waals surface area contributed by atoms with E-state index in [0.29, 0.717) is 29.2 Å². The summed E-state index contributed by atoms with van der Waals surface area (Å²) in [7, 11) is 0. The zero-order valence-corrected chi connectivity index (χ0v) is 15.0. The van der Waals surface area contributed by atoms with Crippen molar-refractivity contribution in [1.82, 2.24) is 10.2 Å². The maximum absolute atomic E-state index is 13.5. The topological polar surface area (TPSA) is 49.4 Å². The first kappa shape index (κ1) is 18.1. The van der Waals surface area contributed by atoms with Gasteiger partial charge in [-0.15, -0.1) is 0 Å². The molecular formula is C21H23FN2O2. The van der Waals surface area contributed by atoms with Gasteiger partial charge in [-0.05, 0) is 41.7 Å². The van der Waals surface area contributed by atoms with Crippen molar-refractivity contribution < 1.29 is 14.0 Å². The van der Waals surface area contributed by atoms with Crippen molar-refractivity contribution >= 4 is 11.8 Å². The lowest BCUT2D eigenvalue weighted by Crippen LogP contribution is -2.39. The van der Waals surface area contributed by atoms with Gasteiger partial charge in [0.1, 0.15) is 11.9 Å². The molecule has 0 aliphatic carbocycles. The number of nitrogens with zero attached hydrogens (tertiary/aromatic N) is 1. The third-order valence-electron chi connectivity index (χ3n) is 4.57. The molecule has 4 nitrogen and oxygen atoms in total. The first-order valence-corrected chi connectivity index (χ1v) is 8.89. The van der Waals surface area contributed by atoms with E-state index in [9.17, 15) is 14.0 Å². The first-order valence-electron chi connectivity index (χ1n) is 8.89. The summed E-state index contributed by atoms with van der Waals surface area (Å²) in [6, 6.07) is 12.6. The lowest BCUT2D eigenvalue weighted by Gasteiger charge is -2.25. The number of benzene rings is 2. The van der Waals surface area contributed by atoms with Crippen molar-refractivity contribution in [3.63, 3.8) is 0 Å². The summed E-state index contributed by atoms with van der Waals surface area (Å²) < 4.78 is 13.5. The van der Waals surface area contributed by atoms with Gasteiger partial charge in [-0.2, -0.15) is 0 Å². The molecule has 136 valence electrons. The van der Waals surface area contributed by atoms with E-state index in [1.807, 2.05) is 12.1 Å². The Labute approximate surface area is 153 Å². The standard InChI is InChI=1S/C21H23FN2O2/c1-14(2)10-11-23-20(25)19-17-8-3-4-9-18(17)21(26)24(19)13-15-6-5-7-16(22)12-15/h3-9,12,14,19H,10-11,13H2,1-2H3,(H,23,25)/t19-/m0/s1. The van der Waals surface area contributed by atoms with Gasteiger partial charge in [0.25, 0.3) is 5.91 Å². The average Bonchev–Trinajstić information content (AvgIpc) is 2.87. The van der Waals surface area contributed by atoms with Crippen LogP contribution in [-0.4, -0.2) is 23.3 Å². The van der Waals surface area contributed by atoms with Gasteiger partial charge in [-0.3, -0.25) is 9.59 Å². The lowest BCUT2D eigenvalue weighted by molar-refractivity contribution is -0.125. The molecular weight excluding hydrogens is 331 g/mol. The maximum Gasteiger partial charge on any atom is 0.255 e. The Kier molecular flexibility index (Phi) is 5.35. The summed E-state index contributed by atoms with van der Waals surface area (Å²) in [4.78, 5) is 27.2. The summed E-state index contributed by atoms with van der Waals surface area (Å²) in [5, 5.41) is 2.94. The molecule has 0 bridgehead atoms. The predicted molar refractivity (Wildman–Crippen MR) is 97.9 cm³/mol. The number of nitrogens with one attached hydrogen (secondary N) is 1. The zero-order chi connectivity index (χ0) is 18.7. The number of amides is 2. The van der Waals surface area contributed by atoms with Crippen molar-refractivity contribution in [1.29, 1.82) is 0 Å². The van der Waals surface area contributed by atoms with E-state index in [4.69, 9.17) is 0 Å². The summed E-state index contributed by atoms with van der Waals surface area (Å²) >= 11 is 0. The van der Waals surface area contributed by atoms with E-state index in [1.54, 1.807) is 24.3 Å². The maximum atomic E-state index is 13.5. The minimum atomic E-state index is -0.686. The summed E-state index contributed by atoms with van der Waals surface area (Å²) in [5.74, 6) is -0.269. The Morgan fingerprint density at radius 2 is 1.96 bits per heavy atom. The van der Waals surface area contributed by atoms with Gasteiger partial charge in [-0.25, -0.2) is 4.39 Å². The highest BCUT2D eigenvalue weighted by Gasteiger charge is 2.40. The first-order chi connectivity index (χ1) is 12.5. The molecule has 2 aromatic rings. The van der Waals surface area contributed by atoms with E-state index >= 15 is 0 Å². The summed E-state index contributed by atoms with van der Waals surface area (Å²) in [6.45, 7) is 4.94. The lowest BCUT2D eigenvalue weighted by atomic mass is 10.0. The number of fused-ring (bicyclic) bond motifs is 1. The summed E-state index contributed by atoms with van der Waals surface area (Å²) in [5.41, 5.74) is 1.90. The molecule has 0 saturated carbocycles. The normalized spacial score (nSPS) is 16.1. The van der Waals surface area contributed by atoms with Crippen LogP contribution < -0.4 is 5.32 Å². The van der Waals surface area contributed by atoms with Crippen molar-refractivity contribution in [2.75, 3.05) is 6.54 Å². The van der Waals surface area contributed by atoms with Crippen molar-refractivity contribution in [3.8, 4) is 0 Å². The molecule has 2 aromatic carbocycles. The minimum Gasteiger partial charge on any atom is -0.354 e. The van der Waals surface area contributed by atoms with Crippen LogP contribution in [0.5, 0.6) is 0 Å². The molecule has 0 unspecified atom stereocenters. The molecule has 26 heavy (non-hydrogen) atoms. The Morgan fingerprint density at radius 3 is 2.69 bits per heavy atom. The fraction of sp³-hybridized carbons (Fsp3) is 0.333. The van der Waals surface area contributed by atoms with Gasteiger partial charge in [0.15, 0.2) is 0 Å². The van der Waals surface area contributed by atoms with Gasteiger partial charge in [0.05, 0.1) is 0 Å². The Hall–Kier alpha value is -2.69. The second-order valence-corrected chi connectivity index (χ2v) is 7.03. The highest BCUT2D eigenvalue weighted by molar-refractivity contribution is 6.04. The fourth-order valence-corrected chi connectivity index (χ4v) is 3.23. The molecule has 1 aliphatic rings. The number of carbonyl (C=O) groups excluding carboxylic acids is 2. The van der Waals surface area contributed by atoms with Gasteiger partial charge in [-0.1, -0.05) is 44.2 Å². The molecule has 2 amide bonds. The number of hydrogen-bond acceptors (Lipinski definition) is 2. The molecule has 0 radical (unpaired) electrons. The number of hydrogen-bond donors (Lipinski definition) is 1. The third kappa shape index (κ3) is 3.77. The quantitative estimate of drug-likeness (QED) is 0.860. The Bertz CT molecular complexity index is 819. The number of carbonyl (C=O) groups is 2. The third-order valence-corrected chi connectivity index (χ3v) is 4.57. The van der Waals surface area contributed by atoms with Gasteiger partial charge < -0.3 is 10.2 Å². The summed E-state index contributed by atoms with van der Waals surface area (Å²) in [6.07, 6.45) is 0.873. The van der Waals surface area contributed by atoms with E-state index < -0.39 is 6.04 Å².